The van der Waals surface area contributed by atoms with Crippen LogP contribution in [0.1, 0.15) is 53.7 Å². The van der Waals surface area contributed by atoms with Gasteiger partial charge in [0.15, 0.2) is 0 Å². The second kappa shape index (κ2) is 10.5. The molecule has 2 heterocycles. The number of benzene rings is 2. The number of phenols is 1. The Balaban J connectivity index is 1.62. The smallest absolute Gasteiger partial charge is 0.253 e. The Morgan fingerprint density at radius 3 is 2.27 bits per heavy atom. The normalized spacial score (nSPS) is 14.3. The number of aromatic hydroxyl groups is 1. The lowest BCUT2D eigenvalue weighted by Crippen LogP contribution is -2.30. The van der Waals surface area contributed by atoms with Crippen molar-refractivity contribution in [2.75, 3.05) is 26.2 Å². The molecule has 0 atom stereocenters. The van der Waals surface area contributed by atoms with Gasteiger partial charge in [-0.3, -0.25) is 9.69 Å². The molecule has 3 aromatic rings. The minimum atomic E-state index is 0.0608. The van der Waals surface area contributed by atoms with Crippen molar-refractivity contribution in [1.82, 2.24) is 9.80 Å². The van der Waals surface area contributed by atoms with Gasteiger partial charge in [-0.1, -0.05) is 29.8 Å². The molecular weight excluding hydrogens is 412 g/mol. The standard InChI is InChI=1S/C28H32N2O3/c1-3-30(4-2)28(32)24-10-8-22(9-11-24)27(25-6-5-7-26(31)18-25)23-12-15-29(16-13-23)19-21-14-17-33-20-21/h5-11,14,17-18,20,31H,3-4,12-13,15-16,19H2,1-2H3. The van der Waals surface area contributed by atoms with E-state index >= 15 is 0 Å². The Hall–Kier alpha value is -3.31. The molecule has 2 aromatic carbocycles. The highest BCUT2D eigenvalue weighted by molar-refractivity contribution is 5.95. The average Bonchev–Trinajstić information content (AvgIpc) is 3.35. The Kier molecular flexibility index (Phi) is 7.30. The van der Waals surface area contributed by atoms with Crippen molar-refractivity contribution in [2.45, 2.75) is 33.2 Å². The number of hydrogen-bond donors (Lipinski definition) is 1. The summed E-state index contributed by atoms with van der Waals surface area (Å²) < 4.78 is 5.21. The fourth-order valence-corrected chi connectivity index (χ4v) is 4.58. The fourth-order valence-electron chi connectivity index (χ4n) is 4.58. The number of likely N-dealkylation sites (tertiary alicyclic amines) is 1. The average molecular weight is 445 g/mol. The van der Waals surface area contributed by atoms with Crippen molar-refractivity contribution in [3.05, 3.63) is 95.0 Å². The van der Waals surface area contributed by atoms with Crippen LogP contribution < -0.4 is 0 Å². The number of furan rings is 1. The van der Waals surface area contributed by atoms with Gasteiger partial charge in [0, 0.05) is 43.9 Å². The van der Waals surface area contributed by atoms with Gasteiger partial charge < -0.3 is 14.4 Å². The number of phenolic OH excluding ortho intramolecular Hbond substituents is 1. The topological polar surface area (TPSA) is 56.9 Å². The molecule has 0 spiro atoms. The molecule has 5 nitrogen and oxygen atoms in total. The van der Waals surface area contributed by atoms with Gasteiger partial charge in [0.2, 0.25) is 0 Å². The van der Waals surface area contributed by atoms with Gasteiger partial charge in [-0.05, 0) is 73.7 Å². The second-order valence-electron chi connectivity index (χ2n) is 8.49. The number of carbonyl (C=O) groups is 1. The Bertz CT molecular complexity index is 1090. The van der Waals surface area contributed by atoms with Gasteiger partial charge >= 0.3 is 0 Å². The third-order valence-corrected chi connectivity index (χ3v) is 6.41. The van der Waals surface area contributed by atoms with Crippen LogP contribution in [0.5, 0.6) is 5.75 Å². The molecule has 1 aliphatic rings. The van der Waals surface area contributed by atoms with Crippen molar-refractivity contribution in [2.24, 2.45) is 0 Å². The maximum atomic E-state index is 12.7. The molecule has 1 N–H and O–H groups in total. The maximum absolute atomic E-state index is 12.7. The zero-order chi connectivity index (χ0) is 23.2. The largest absolute Gasteiger partial charge is 0.508 e. The van der Waals surface area contributed by atoms with Crippen LogP contribution in [0.2, 0.25) is 0 Å². The van der Waals surface area contributed by atoms with E-state index in [2.05, 4.69) is 11.0 Å². The quantitative estimate of drug-likeness (QED) is 0.518. The van der Waals surface area contributed by atoms with E-state index in [-0.39, 0.29) is 11.7 Å². The molecule has 0 unspecified atom stereocenters. The summed E-state index contributed by atoms with van der Waals surface area (Å²) in [6.45, 7) is 8.24. The number of rotatable bonds is 7. The number of hydrogen-bond acceptors (Lipinski definition) is 4. The van der Waals surface area contributed by atoms with E-state index in [4.69, 9.17) is 4.42 Å². The third-order valence-electron chi connectivity index (χ3n) is 6.41. The van der Waals surface area contributed by atoms with E-state index < -0.39 is 0 Å². The first-order chi connectivity index (χ1) is 16.1. The summed E-state index contributed by atoms with van der Waals surface area (Å²) in [5, 5.41) is 10.1. The van der Waals surface area contributed by atoms with Crippen LogP contribution in [0, 0.1) is 0 Å². The minimum Gasteiger partial charge on any atom is -0.508 e. The molecule has 1 amide bonds. The lowest BCUT2D eigenvalue weighted by Gasteiger charge is -2.30. The van der Waals surface area contributed by atoms with E-state index in [1.54, 1.807) is 12.3 Å². The first-order valence-corrected chi connectivity index (χ1v) is 11.7. The van der Waals surface area contributed by atoms with Crippen molar-refractivity contribution in [1.29, 1.82) is 0 Å². The predicted octanol–water partition coefficient (Wildman–Crippen LogP) is 5.57. The fraction of sp³-hybridized carbons (Fsp3) is 0.321. The second-order valence-corrected chi connectivity index (χ2v) is 8.49. The van der Waals surface area contributed by atoms with E-state index in [0.29, 0.717) is 18.7 Å². The van der Waals surface area contributed by atoms with Crippen molar-refractivity contribution < 1.29 is 14.3 Å². The van der Waals surface area contributed by atoms with Crippen LogP contribution in [-0.2, 0) is 6.54 Å². The molecule has 172 valence electrons. The minimum absolute atomic E-state index is 0.0608. The van der Waals surface area contributed by atoms with Crippen LogP contribution in [0.15, 0.2) is 77.1 Å². The number of carbonyl (C=O) groups excluding carboxylic acids is 1. The van der Waals surface area contributed by atoms with Gasteiger partial charge in [0.1, 0.15) is 5.75 Å². The molecule has 5 heteroatoms. The van der Waals surface area contributed by atoms with Gasteiger partial charge in [-0.2, -0.15) is 0 Å². The van der Waals surface area contributed by atoms with E-state index in [9.17, 15) is 9.90 Å². The van der Waals surface area contributed by atoms with Gasteiger partial charge in [0.25, 0.3) is 5.91 Å². The van der Waals surface area contributed by atoms with Crippen LogP contribution in [-0.4, -0.2) is 47.0 Å². The molecule has 0 bridgehead atoms. The first kappa shape index (κ1) is 22.9. The number of piperidine rings is 1. The molecule has 1 aromatic heterocycles. The maximum Gasteiger partial charge on any atom is 0.253 e. The third kappa shape index (κ3) is 5.37. The summed E-state index contributed by atoms with van der Waals surface area (Å²) in [6.07, 6.45) is 5.45. The zero-order valence-electron chi connectivity index (χ0n) is 19.5. The van der Waals surface area contributed by atoms with Crippen LogP contribution in [0.3, 0.4) is 0 Å². The summed E-state index contributed by atoms with van der Waals surface area (Å²) in [4.78, 5) is 17.0. The van der Waals surface area contributed by atoms with Crippen LogP contribution >= 0.6 is 0 Å². The summed E-state index contributed by atoms with van der Waals surface area (Å²) in [6, 6.07) is 17.4. The SMILES string of the molecule is CCN(CC)C(=O)c1ccc(C(=C2CCN(Cc3ccoc3)CC2)c2cccc(O)c2)cc1. The Labute approximate surface area is 195 Å². The zero-order valence-corrected chi connectivity index (χ0v) is 19.5. The van der Waals surface area contributed by atoms with E-state index in [0.717, 1.165) is 49.2 Å². The molecule has 0 radical (unpaired) electrons. The monoisotopic (exact) mass is 444 g/mol. The lowest BCUT2D eigenvalue weighted by atomic mass is 9.88. The van der Waals surface area contributed by atoms with Gasteiger partial charge in [-0.15, -0.1) is 0 Å². The highest BCUT2D eigenvalue weighted by Crippen LogP contribution is 2.34. The lowest BCUT2D eigenvalue weighted by molar-refractivity contribution is 0.0773. The predicted molar refractivity (Wildman–Crippen MR) is 131 cm³/mol. The summed E-state index contributed by atoms with van der Waals surface area (Å²) in [5.41, 5.74) is 6.54. The van der Waals surface area contributed by atoms with Crippen molar-refractivity contribution in [3.63, 3.8) is 0 Å². The van der Waals surface area contributed by atoms with Crippen molar-refractivity contribution in [3.8, 4) is 5.75 Å². The summed E-state index contributed by atoms with van der Waals surface area (Å²) in [5.74, 6) is 0.321. The van der Waals surface area contributed by atoms with Crippen LogP contribution in [0.25, 0.3) is 5.57 Å². The molecule has 1 saturated heterocycles. The molecule has 4 rings (SSSR count). The summed E-state index contributed by atoms with van der Waals surface area (Å²) >= 11 is 0. The molecule has 33 heavy (non-hydrogen) atoms. The molecule has 1 fully saturated rings. The molecule has 0 aliphatic carbocycles. The van der Waals surface area contributed by atoms with Crippen molar-refractivity contribution >= 4 is 11.5 Å². The number of nitrogens with zero attached hydrogens (tertiary/aromatic N) is 2. The van der Waals surface area contributed by atoms with Crippen LogP contribution in [0.4, 0.5) is 0 Å². The van der Waals surface area contributed by atoms with E-state index in [1.807, 2.05) is 67.5 Å². The highest BCUT2D eigenvalue weighted by atomic mass is 16.3. The molecular formula is C28H32N2O3. The number of amides is 1. The Morgan fingerprint density at radius 1 is 0.970 bits per heavy atom. The first-order valence-electron chi connectivity index (χ1n) is 11.7. The van der Waals surface area contributed by atoms with Gasteiger partial charge in [0.05, 0.1) is 12.5 Å². The highest BCUT2D eigenvalue weighted by Gasteiger charge is 2.20. The van der Waals surface area contributed by atoms with Gasteiger partial charge in [-0.25, -0.2) is 0 Å². The van der Waals surface area contributed by atoms with E-state index in [1.165, 1.54) is 11.1 Å². The molecule has 1 aliphatic heterocycles. The Morgan fingerprint density at radius 2 is 1.67 bits per heavy atom. The summed E-state index contributed by atoms with van der Waals surface area (Å²) in [7, 11) is 0. The molecule has 0 saturated carbocycles.